The normalized spacial score (nSPS) is 21.7. The van der Waals surface area contributed by atoms with E-state index in [-0.39, 0.29) is 5.82 Å². The molecule has 1 aliphatic rings. The molecule has 2 nitrogen and oxygen atoms in total. The average molecular weight is 376 g/mol. The van der Waals surface area contributed by atoms with E-state index in [1.807, 2.05) is 6.07 Å². The van der Waals surface area contributed by atoms with Crippen molar-refractivity contribution in [3.05, 3.63) is 27.6 Å². The molecule has 2 rings (SSSR count). The van der Waals surface area contributed by atoms with Crippen molar-refractivity contribution >= 4 is 28.3 Å². The number of rotatable bonds is 4. The third-order valence-electron chi connectivity index (χ3n) is 3.63. The van der Waals surface area contributed by atoms with Crippen LogP contribution in [0.25, 0.3) is 0 Å². The minimum absolute atomic E-state index is 0.173. The van der Waals surface area contributed by atoms with E-state index in [9.17, 15) is 4.39 Å². The summed E-state index contributed by atoms with van der Waals surface area (Å²) in [7, 11) is 0. The maximum absolute atomic E-state index is 13.1. The molecule has 1 fully saturated rings. The molecule has 19 heavy (non-hydrogen) atoms. The predicted octanol–water partition coefficient (Wildman–Crippen LogP) is 4.15. The van der Waals surface area contributed by atoms with Gasteiger partial charge in [-0.05, 0) is 73.5 Å². The highest BCUT2D eigenvalue weighted by atomic mass is 127. The van der Waals surface area contributed by atoms with Crippen molar-refractivity contribution in [3.63, 3.8) is 0 Å². The Kier molecular flexibility index (Phi) is 5.88. The summed E-state index contributed by atoms with van der Waals surface area (Å²) in [6.07, 6.45) is 6.37. The molecule has 2 N–H and O–H groups in total. The Morgan fingerprint density at radius 3 is 3.05 bits per heavy atom. The van der Waals surface area contributed by atoms with Gasteiger partial charge in [0.2, 0.25) is 0 Å². The predicted molar refractivity (Wildman–Crippen MR) is 87.1 cm³/mol. The molecular formula is C15H22FIN2. The van der Waals surface area contributed by atoms with Gasteiger partial charge in [0.25, 0.3) is 0 Å². The lowest BCUT2D eigenvalue weighted by molar-refractivity contribution is 0.456. The summed E-state index contributed by atoms with van der Waals surface area (Å²) >= 11 is 2.18. The van der Waals surface area contributed by atoms with E-state index < -0.39 is 0 Å². The van der Waals surface area contributed by atoms with Gasteiger partial charge in [0.1, 0.15) is 5.82 Å². The van der Waals surface area contributed by atoms with Crippen LogP contribution in [0.1, 0.15) is 39.0 Å². The Bertz CT molecular complexity index is 403. The van der Waals surface area contributed by atoms with Crippen LogP contribution in [0.4, 0.5) is 10.1 Å². The Labute approximate surface area is 128 Å². The molecule has 0 aliphatic carbocycles. The molecule has 1 aliphatic heterocycles. The lowest BCUT2D eigenvalue weighted by atomic mass is 10.0. The first-order chi connectivity index (χ1) is 9.15. The monoisotopic (exact) mass is 376 g/mol. The van der Waals surface area contributed by atoms with Gasteiger partial charge in [0.05, 0.1) is 0 Å². The highest BCUT2D eigenvalue weighted by molar-refractivity contribution is 14.1. The number of halogens is 2. The zero-order chi connectivity index (χ0) is 13.7. The summed E-state index contributed by atoms with van der Waals surface area (Å²) in [4.78, 5) is 0. The van der Waals surface area contributed by atoms with E-state index in [1.54, 1.807) is 6.07 Å². The molecule has 0 bridgehead atoms. The van der Waals surface area contributed by atoms with Gasteiger partial charge in [-0.25, -0.2) is 4.39 Å². The molecule has 0 aromatic heterocycles. The van der Waals surface area contributed by atoms with E-state index in [1.165, 1.54) is 31.7 Å². The molecule has 1 saturated heterocycles. The quantitative estimate of drug-likeness (QED) is 0.772. The number of nitrogens with one attached hydrogen (secondary N) is 2. The Hall–Kier alpha value is -0.360. The van der Waals surface area contributed by atoms with Gasteiger partial charge in [-0.3, -0.25) is 0 Å². The smallest absolute Gasteiger partial charge is 0.124 e. The third-order valence-corrected chi connectivity index (χ3v) is 4.53. The van der Waals surface area contributed by atoms with Crippen LogP contribution in [-0.4, -0.2) is 18.6 Å². The number of hydrogen-bond acceptors (Lipinski definition) is 2. The summed E-state index contributed by atoms with van der Waals surface area (Å²) in [5.74, 6) is -0.173. The fraction of sp³-hybridized carbons (Fsp3) is 0.600. The second-order valence-corrected chi connectivity index (χ2v) is 6.57. The topological polar surface area (TPSA) is 24.1 Å². The highest BCUT2D eigenvalue weighted by Gasteiger charge is 2.15. The van der Waals surface area contributed by atoms with Gasteiger partial charge in [0, 0.05) is 21.3 Å². The van der Waals surface area contributed by atoms with Crippen LogP contribution < -0.4 is 10.6 Å². The Morgan fingerprint density at radius 1 is 1.42 bits per heavy atom. The molecular weight excluding hydrogens is 354 g/mol. The van der Waals surface area contributed by atoms with Crippen molar-refractivity contribution in [2.75, 3.05) is 11.9 Å². The summed E-state index contributed by atoms with van der Waals surface area (Å²) in [5, 5.41) is 7.11. The van der Waals surface area contributed by atoms with Crippen LogP contribution in [0.15, 0.2) is 18.2 Å². The SMILES string of the molecule is CC(CC1CCCCCN1)Nc1ccc(F)cc1I. The number of hydrogen-bond donors (Lipinski definition) is 2. The molecule has 0 amide bonds. The van der Waals surface area contributed by atoms with Crippen LogP contribution in [0.2, 0.25) is 0 Å². The molecule has 0 spiro atoms. The maximum atomic E-state index is 13.1. The Morgan fingerprint density at radius 2 is 2.26 bits per heavy atom. The fourth-order valence-corrected chi connectivity index (χ4v) is 3.29. The molecule has 2 atom stereocenters. The summed E-state index contributed by atoms with van der Waals surface area (Å²) in [6, 6.07) is 5.92. The van der Waals surface area contributed by atoms with E-state index in [0.717, 1.165) is 22.2 Å². The summed E-state index contributed by atoms with van der Waals surface area (Å²) < 4.78 is 14.0. The molecule has 0 radical (unpaired) electrons. The number of anilines is 1. The van der Waals surface area contributed by atoms with E-state index in [0.29, 0.717) is 12.1 Å². The molecule has 2 unspecified atom stereocenters. The van der Waals surface area contributed by atoms with Crippen molar-refractivity contribution in [1.82, 2.24) is 5.32 Å². The van der Waals surface area contributed by atoms with Crippen LogP contribution in [0.5, 0.6) is 0 Å². The van der Waals surface area contributed by atoms with Gasteiger partial charge < -0.3 is 10.6 Å². The summed E-state index contributed by atoms with van der Waals surface area (Å²) in [6.45, 7) is 3.34. The van der Waals surface area contributed by atoms with Crippen molar-refractivity contribution in [3.8, 4) is 0 Å². The average Bonchev–Trinajstić information content (AvgIpc) is 2.61. The number of benzene rings is 1. The zero-order valence-corrected chi connectivity index (χ0v) is 13.5. The van der Waals surface area contributed by atoms with Gasteiger partial charge in [0.15, 0.2) is 0 Å². The third kappa shape index (κ3) is 4.91. The van der Waals surface area contributed by atoms with Crippen molar-refractivity contribution in [2.45, 2.75) is 51.1 Å². The van der Waals surface area contributed by atoms with E-state index in [2.05, 4.69) is 40.1 Å². The van der Waals surface area contributed by atoms with E-state index >= 15 is 0 Å². The molecule has 4 heteroatoms. The highest BCUT2D eigenvalue weighted by Crippen LogP contribution is 2.21. The minimum Gasteiger partial charge on any atom is -0.382 e. The first-order valence-corrected chi connectivity index (χ1v) is 8.18. The molecule has 0 saturated carbocycles. The Balaban J connectivity index is 1.87. The summed E-state index contributed by atoms with van der Waals surface area (Å²) in [5.41, 5.74) is 1.03. The van der Waals surface area contributed by atoms with Gasteiger partial charge >= 0.3 is 0 Å². The van der Waals surface area contributed by atoms with Gasteiger partial charge in [-0.1, -0.05) is 12.8 Å². The van der Waals surface area contributed by atoms with Crippen molar-refractivity contribution in [1.29, 1.82) is 0 Å². The van der Waals surface area contributed by atoms with Gasteiger partial charge in [-0.15, -0.1) is 0 Å². The molecule has 1 aromatic rings. The second-order valence-electron chi connectivity index (χ2n) is 5.41. The lowest BCUT2D eigenvalue weighted by Crippen LogP contribution is -2.33. The first kappa shape index (κ1) is 15.0. The van der Waals surface area contributed by atoms with Crippen LogP contribution in [0, 0.1) is 9.39 Å². The molecule has 106 valence electrons. The molecule has 1 aromatic carbocycles. The van der Waals surface area contributed by atoms with Crippen LogP contribution >= 0.6 is 22.6 Å². The first-order valence-electron chi connectivity index (χ1n) is 7.10. The van der Waals surface area contributed by atoms with Crippen LogP contribution in [-0.2, 0) is 0 Å². The zero-order valence-electron chi connectivity index (χ0n) is 11.4. The van der Waals surface area contributed by atoms with Crippen molar-refractivity contribution < 1.29 is 4.39 Å². The lowest BCUT2D eigenvalue weighted by Gasteiger charge is -2.22. The van der Waals surface area contributed by atoms with Crippen molar-refractivity contribution in [2.24, 2.45) is 0 Å². The van der Waals surface area contributed by atoms with E-state index in [4.69, 9.17) is 0 Å². The largest absolute Gasteiger partial charge is 0.382 e. The van der Waals surface area contributed by atoms with Crippen LogP contribution in [0.3, 0.4) is 0 Å². The van der Waals surface area contributed by atoms with Gasteiger partial charge in [-0.2, -0.15) is 0 Å². The maximum Gasteiger partial charge on any atom is 0.124 e. The molecule has 1 heterocycles. The second kappa shape index (κ2) is 7.43. The minimum atomic E-state index is -0.173. The standard InChI is InChI=1S/C15H22FIN2/c1-11(9-13-5-3-2-4-8-18-13)19-15-7-6-12(16)10-14(15)17/h6-7,10-11,13,18-19H,2-5,8-9H2,1H3. The fourth-order valence-electron chi connectivity index (χ4n) is 2.66.